The van der Waals surface area contributed by atoms with Gasteiger partial charge in [0.15, 0.2) is 0 Å². The van der Waals surface area contributed by atoms with Crippen LogP contribution in [-0.2, 0) is 9.59 Å². The normalized spacial score (nSPS) is 35.0. The summed E-state index contributed by atoms with van der Waals surface area (Å²) in [6.07, 6.45) is 1.12. The number of carbonyl (C=O) groups excluding carboxylic acids is 2. The highest BCUT2D eigenvalue weighted by atomic mass is 16.2. The standard InChI is InChI=1S/C11H19N3O2/c1-7-5-12-6-8(2)14(7)11(16)9-3-4-10(15)13-9/h7-9,12H,3-6H2,1-2H3,(H,13,15)/t7?,8?,9-/m0/s1. The molecule has 0 aromatic rings. The maximum atomic E-state index is 12.3. The van der Waals surface area contributed by atoms with Crippen molar-refractivity contribution in [1.82, 2.24) is 15.5 Å². The molecule has 0 saturated carbocycles. The second-order valence-corrected chi connectivity index (χ2v) is 4.76. The Balaban J connectivity index is 2.04. The third-order valence-electron chi connectivity index (χ3n) is 3.38. The van der Waals surface area contributed by atoms with Crippen molar-refractivity contribution >= 4 is 11.8 Å². The van der Waals surface area contributed by atoms with E-state index in [-0.39, 0.29) is 29.9 Å². The summed E-state index contributed by atoms with van der Waals surface area (Å²) in [5.41, 5.74) is 0. The van der Waals surface area contributed by atoms with Crippen molar-refractivity contribution in [2.24, 2.45) is 0 Å². The number of rotatable bonds is 1. The molecule has 5 heteroatoms. The Bertz CT molecular complexity index is 296. The van der Waals surface area contributed by atoms with E-state index in [9.17, 15) is 9.59 Å². The Labute approximate surface area is 95.6 Å². The largest absolute Gasteiger partial charge is 0.344 e. The lowest BCUT2D eigenvalue weighted by Gasteiger charge is -2.40. The zero-order valence-electron chi connectivity index (χ0n) is 9.82. The predicted octanol–water partition coefficient (Wildman–Crippen LogP) is -0.526. The molecule has 0 aromatic carbocycles. The number of amides is 2. The van der Waals surface area contributed by atoms with Gasteiger partial charge in [-0.25, -0.2) is 0 Å². The molecular weight excluding hydrogens is 206 g/mol. The smallest absolute Gasteiger partial charge is 0.245 e. The quantitative estimate of drug-likeness (QED) is 0.631. The molecule has 5 nitrogen and oxygen atoms in total. The summed E-state index contributed by atoms with van der Waals surface area (Å²) in [6, 6.07) is 0.109. The zero-order valence-corrected chi connectivity index (χ0v) is 9.82. The molecule has 90 valence electrons. The van der Waals surface area contributed by atoms with Gasteiger partial charge in [-0.15, -0.1) is 0 Å². The van der Waals surface area contributed by atoms with E-state index in [2.05, 4.69) is 10.6 Å². The number of hydrogen-bond donors (Lipinski definition) is 2. The topological polar surface area (TPSA) is 61.4 Å². The summed E-state index contributed by atoms with van der Waals surface area (Å²) in [6.45, 7) is 5.74. The van der Waals surface area contributed by atoms with Crippen LogP contribution in [0.3, 0.4) is 0 Å². The van der Waals surface area contributed by atoms with Crippen LogP contribution in [0.1, 0.15) is 26.7 Å². The van der Waals surface area contributed by atoms with Gasteiger partial charge < -0.3 is 15.5 Å². The van der Waals surface area contributed by atoms with Crippen molar-refractivity contribution in [3.8, 4) is 0 Å². The molecule has 3 atom stereocenters. The van der Waals surface area contributed by atoms with Crippen molar-refractivity contribution in [2.45, 2.75) is 44.8 Å². The number of carbonyl (C=O) groups is 2. The lowest BCUT2D eigenvalue weighted by molar-refractivity contribution is -0.139. The molecule has 2 unspecified atom stereocenters. The second kappa shape index (κ2) is 4.41. The van der Waals surface area contributed by atoms with Gasteiger partial charge in [-0.2, -0.15) is 0 Å². The van der Waals surface area contributed by atoms with Crippen molar-refractivity contribution < 1.29 is 9.59 Å². The zero-order chi connectivity index (χ0) is 11.7. The molecule has 2 heterocycles. The van der Waals surface area contributed by atoms with E-state index in [1.54, 1.807) is 0 Å². The van der Waals surface area contributed by atoms with Crippen molar-refractivity contribution in [2.75, 3.05) is 13.1 Å². The number of hydrogen-bond acceptors (Lipinski definition) is 3. The molecule has 2 fully saturated rings. The maximum Gasteiger partial charge on any atom is 0.245 e. The lowest BCUT2D eigenvalue weighted by atomic mass is 10.1. The van der Waals surface area contributed by atoms with E-state index in [0.29, 0.717) is 12.8 Å². The lowest BCUT2D eigenvalue weighted by Crippen LogP contribution is -2.60. The number of piperazine rings is 1. The molecule has 0 radical (unpaired) electrons. The van der Waals surface area contributed by atoms with E-state index in [4.69, 9.17) is 0 Å². The van der Waals surface area contributed by atoms with Gasteiger partial charge in [-0.3, -0.25) is 9.59 Å². The first-order valence-corrected chi connectivity index (χ1v) is 5.92. The van der Waals surface area contributed by atoms with Crippen LogP contribution in [0.2, 0.25) is 0 Å². The second-order valence-electron chi connectivity index (χ2n) is 4.76. The van der Waals surface area contributed by atoms with Crippen molar-refractivity contribution in [3.63, 3.8) is 0 Å². The Kier molecular flexibility index (Phi) is 3.14. The van der Waals surface area contributed by atoms with Crippen LogP contribution in [0.5, 0.6) is 0 Å². The molecule has 2 amide bonds. The summed E-state index contributed by atoms with van der Waals surface area (Å²) in [4.78, 5) is 25.3. The Morgan fingerprint density at radius 1 is 1.31 bits per heavy atom. The molecule has 0 aliphatic carbocycles. The summed E-state index contributed by atoms with van der Waals surface area (Å²) in [7, 11) is 0. The Morgan fingerprint density at radius 2 is 1.94 bits per heavy atom. The fourth-order valence-corrected chi connectivity index (χ4v) is 2.55. The van der Waals surface area contributed by atoms with Crippen LogP contribution in [0.25, 0.3) is 0 Å². The van der Waals surface area contributed by atoms with Gasteiger partial charge >= 0.3 is 0 Å². The first kappa shape index (κ1) is 11.4. The minimum Gasteiger partial charge on any atom is -0.344 e. The van der Waals surface area contributed by atoms with Crippen LogP contribution in [-0.4, -0.2) is 47.9 Å². The average Bonchev–Trinajstić information content (AvgIpc) is 2.64. The van der Waals surface area contributed by atoms with Gasteiger partial charge in [0.1, 0.15) is 6.04 Å². The first-order chi connectivity index (χ1) is 7.59. The number of nitrogens with one attached hydrogen (secondary N) is 2. The van der Waals surface area contributed by atoms with Gasteiger partial charge in [0, 0.05) is 31.6 Å². The monoisotopic (exact) mass is 225 g/mol. The fraction of sp³-hybridized carbons (Fsp3) is 0.818. The van der Waals surface area contributed by atoms with E-state index in [0.717, 1.165) is 13.1 Å². The predicted molar refractivity (Wildman–Crippen MR) is 59.8 cm³/mol. The van der Waals surface area contributed by atoms with Crippen molar-refractivity contribution in [3.05, 3.63) is 0 Å². The molecule has 16 heavy (non-hydrogen) atoms. The highest BCUT2D eigenvalue weighted by molar-refractivity contribution is 5.91. The molecule has 2 aliphatic heterocycles. The Hall–Kier alpha value is -1.10. The van der Waals surface area contributed by atoms with Crippen LogP contribution >= 0.6 is 0 Å². The van der Waals surface area contributed by atoms with E-state index in [1.807, 2.05) is 18.7 Å². The SMILES string of the molecule is CC1CNCC(C)N1C(=O)[C@@H]1CCC(=O)N1. The van der Waals surface area contributed by atoms with Crippen LogP contribution < -0.4 is 10.6 Å². The van der Waals surface area contributed by atoms with Crippen LogP contribution in [0.4, 0.5) is 0 Å². The Morgan fingerprint density at radius 3 is 2.44 bits per heavy atom. The minimum atomic E-state index is -0.296. The highest BCUT2D eigenvalue weighted by Gasteiger charge is 2.36. The summed E-state index contributed by atoms with van der Waals surface area (Å²) in [5, 5.41) is 6.03. The van der Waals surface area contributed by atoms with Gasteiger partial charge in [-0.05, 0) is 20.3 Å². The summed E-state index contributed by atoms with van der Waals surface area (Å²) < 4.78 is 0. The number of nitrogens with zero attached hydrogens (tertiary/aromatic N) is 1. The molecule has 0 bridgehead atoms. The molecule has 0 aromatic heterocycles. The van der Waals surface area contributed by atoms with Crippen LogP contribution in [0, 0.1) is 0 Å². The van der Waals surface area contributed by atoms with Gasteiger partial charge in [0.05, 0.1) is 0 Å². The minimum absolute atomic E-state index is 0.00575. The maximum absolute atomic E-state index is 12.3. The fourth-order valence-electron chi connectivity index (χ4n) is 2.55. The average molecular weight is 225 g/mol. The summed E-state index contributed by atoms with van der Waals surface area (Å²) >= 11 is 0. The molecule has 2 aliphatic rings. The van der Waals surface area contributed by atoms with E-state index >= 15 is 0 Å². The molecule has 2 N–H and O–H groups in total. The third-order valence-corrected chi connectivity index (χ3v) is 3.38. The molecule has 2 rings (SSSR count). The van der Waals surface area contributed by atoms with Crippen molar-refractivity contribution in [1.29, 1.82) is 0 Å². The van der Waals surface area contributed by atoms with Gasteiger partial charge in [-0.1, -0.05) is 0 Å². The van der Waals surface area contributed by atoms with Gasteiger partial charge in [0.2, 0.25) is 11.8 Å². The first-order valence-electron chi connectivity index (χ1n) is 5.92. The van der Waals surface area contributed by atoms with Crippen LogP contribution in [0.15, 0.2) is 0 Å². The highest BCUT2D eigenvalue weighted by Crippen LogP contribution is 2.16. The molecule has 0 spiro atoms. The third kappa shape index (κ3) is 2.04. The summed E-state index contributed by atoms with van der Waals surface area (Å²) in [5.74, 6) is 0.0705. The van der Waals surface area contributed by atoms with E-state index in [1.165, 1.54) is 0 Å². The molecular formula is C11H19N3O2. The van der Waals surface area contributed by atoms with E-state index < -0.39 is 0 Å². The molecule has 2 saturated heterocycles. The van der Waals surface area contributed by atoms with Gasteiger partial charge in [0.25, 0.3) is 0 Å².